The topological polar surface area (TPSA) is 41.6 Å². The molecule has 2 N–H and O–H groups in total. The molecule has 1 unspecified atom stereocenters. The number of nitrogens with two attached hydrogens (primary N) is 1. The second-order valence-corrected chi connectivity index (χ2v) is 7.82. The molecule has 26 heavy (non-hydrogen) atoms. The van der Waals surface area contributed by atoms with Gasteiger partial charge >= 0.3 is 0 Å². The predicted molar refractivity (Wildman–Crippen MR) is 117 cm³/mol. The molecular weight excluding hydrogens is 318 g/mol. The SMILES string of the molecule is CCCCCCCCCCCCCC/C=C/CCC1N=CCN1CCN. The van der Waals surface area contributed by atoms with E-state index in [1.807, 2.05) is 6.21 Å². The van der Waals surface area contributed by atoms with Crippen molar-refractivity contribution in [2.24, 2.45) is 10.7 Å². The molecule has 1 heterocycles. The Morgan fingerprint density at radius 1 is 0.885 bits per heavy atom. The fourth-order valence-electron chi connectivity index (χ4n) is 3.74. The Bertz CT molecular complexity index is 351. The first-order chi connectivity index (χ1) is 12.9. The standard InChI is InChI=1S/C23H45N3/c1-2-3-4-5-6-7-8-9-10-11-12-13-14-15-16-17-18-23-25-20-22-26(23)21-19-24/h15-16,20,23H,2-14,17-19,21-22,24H2,1H3/b16-15+. The summed E-state index contributed by atoms with van der Waals surface area (Å²) in [7, 11) is 0. The lowest BCUT2D eigenvalue weighted by Crippen LogP contribution is -2.34. The van der Waals surface area contributed by atoms with E-state index < -0.39 is 0 Å². The van der Waals surface area contributed by atoms with Crippen LogP contribution in [0.3, 0.4) is 0 Å². The van der Waals surface area contributed by atoms with Gasteiger partial charge in [0.1, 0.15) is 6.17 Å². The highest BCUT2D eigenvalue weighted by Crippen LogP contribution is 2.14. The first-order valence-corrected chi connectivity index (χ1v) is 11.5. The zero-order chi connectivity index (χ0) is 18.7. The van der Waals surface area contributed by atoms with Gasteiger partial charge in [0.2, 0.25) is 0 Å². The maximum Gasteiger partial charge on any atom is 0.102 e. The summed E-state index contributed by atoms with van der Waals surface area (Å²) in [5, 5.41) is 0. The van der Waals surface area contributed by atoms with Crippen molar-refractivity contribution in [3.8, 4) is 0 Å². The number of nitrogens with zero attached hydrogens (tertiary/aromatic N) is 2. The molecule has 1 rings (SSSR count). The molecule has 0 spiro atoms. The van der Waals surface area contributed by atoms with Crippen LogP contribution in [0.25, 0.3) is 0 Å². The van der Waals surface area contributed by atoms with Gasteiger partial charge in [-0.2, -0.15) is 0 Å². The lowest BCUT2D eigenvalue weighted by molar-refractivity contribution is 0.247. The highest BCUT2D eigenvalue weighted by atomic mass is 15.3. The summed E-state index contributed by atoms with van der Waals surface area (Å²) in [5.41, 5.74) is 5.65. The van der Waals surface area contributed by atoms with E-state index in [1.54, 1.807) is 0 Å². The minimum absolute atomic E-state index is 0.370. The number of aliphatic imine (C=N–C) groups is 1. The maximum absolute atomic E-state index is 5.65. The van der Waals surface area contributed by atoms with E-state index in [9.17, 15) is 0 Å². The summed E-state index contributed by atoms with van der Waals surface area (Å²) >= 11 is 0. The van der Waals surface area contributed by atoms with Crippen LogP contribution in [0.1, 0.15) is 103 Å². The molecule has 3 nitrogen and oxygen atoms in total. The van der Waals surface area contributed by atoms with Gasteiger partial charge in [-0.3, -0.25) is 9.89 Å². The summed E-state index contributed by atoms with van der Waals surface area (Å²) in [6.07, 6.45) is 27.8. The summed E-state index contributed by atoms with van der Waals surface area (Å²) < 4.78 is 0. The Labute approximate surface area is 163 Å². The number of hydrogen-bond acceptors (Lipinski definition) is 3. The lowest BCUT2D eigenvalue weighted by Gasteiger charge is -2.21. The van der Waals surface area contributed by atoms with Crippen molar-refractivity contribution in [3.63, 3.8) is 0 Å². The molecule has 0 saturated heterocycles. The van der Waals surface area contributed by atoms with Crippen molar-refractivity contribution >= 4 is 6.21 Å². The van der Waals surface area contributed by atoms with Gasteiger partial charge in [0.05, 0.1) is 0 Å². The Hall–Kier alpha value is -0.670. The van der Waals surface area contributed by atoms with Crippen LogP contribution in [0.15, 0.2) is 17.1 Å². The normalized spacial score (nSPS) is 17.7. The van der Waals surface area contributed by atoms with E-state index in [2.05, 4.69) is 29.0 Å². The van der Waals surface area contributed by atoms with E-state index in [1.165, 1.54) is 83.5 Å². The molecule has 0 saturated carbocycles. The number of rotatable bonds is 18. The van der Waals surface area contributed by atoms with Crippen molar-refractivity contribution in [2.45, 2.75) is 109 Å². The Morgan fingerprint density at radius 3 is 2.08 bits per heavy atom. The van der Waals surface area contributed by atoms with Gasteiger partial charge in [-0.1, -0.05) is 89.7 Å². The molecule has 0 aliphatic carbocycles. The average molecular weight is 364 g/mol. The van der Waals surface area contributed by atoms with E-state index in [0.29, 0.717) is 6.17 Å². The predicted octanol–water partition coefficient (Wildman–Crippen LogP) is 6.09. The molecule has 1 atom stereocenters. The van der Waals surface area contributed by atoms with Crippen molar-refractivity contribution in [1.29, 1.82) is 0 Å². The molecule has 152 valence electrons. The fraction of sp³-hybridized carbons (Fsp3) is 0.870. The van der Waals surface area contributed by atoms with Crippen molar-refractivity contribution in [1.82, 2.24) is 4.90 Å². The second-order valence-electron chi connectivity index (χ2n) is 7.82. The zero-order valence-corrected chi connectivity index (χ0v) is 17.5. The van der Waals surface area contributed by atoms with E-state index in [0.717, 1.165) is 32.5 Å². The summed E-state index contributed by atoms with van der Waals surface area (Å²) in [6, 6.07) is 0. The molecular formula is C23H45N3. The minimum Gasteiger partial charge on any atom is -0.329 e. The largest absolute Gasteiger partial charge is 0.329 e. The monoisotopic (exact) mass is 363 g/mol. The van der Waals surface area contributed by atoms with Crippen LogP contribution in [0, 0.1) is 0 Å². The Kier molecular flexibility index (Phi) is 15.9. The second kappa shape index (κ2) is 17.7. The van der Waals surface area contributed by atoms with Crippen molar-refractivity contribution in [2.75, 3.05) is 19.6 Å². The Morgan fingerprint density at radius 2 is 1.46 bits per heavy atom. The number of hydrogen-bond donors (Lipinski definition) is 1. The molecule has 0 radical (unpaired) electrons. The molecule has 0 aromatic carbocycles. The third-order valence-corrected chi connectivity index (χ3v) is 5.41. The molecule has 1 aliphatic rings. The lowest BCUT2D eigenvalue weighted by atomic mass is 10.0. The van der Waals surface area contributed by atoms with Gasteiger partial charge in [-0.15, -0.1) is 0 Å². The molecule has 0 bridgehead atoms. The van der Waals surface area contributed by atoms with Crippen LogP contribution >= 0.6 is 0 Å². The smallest absolute Gasteiger partial charge is 0.102 e. The molecule has 0 aromatic heterocycles. The van der Waals surface area contributed by atoms with Crippen molar-refractivity contribution < 1.29 is 0 Å². The van der Waals surface area contributed by atoms with Gasteiger partial charge < -0.3 is 5.73 Å². The van der Waals surface area contributed by atoms with E-state index in [4.69, 9.17) is 5.73 Å². The fourth-order valence-corrected chi connectivity index (χ4v) is 3.74. The van der Waals surface area contributed by atoms with Crippen LogP contribution in [0.5, 0.6) is 0 Å². The molecule has 1 aliphatic heterocycles. The van der Waals surface area contributed by atoms with Crippen LogP contribution < -0.4 is 5.73 Å². The third-order valence-electron chi connectivity index (χ3n) is 5.41. The maximum atomic E-state index is 5.65. The van der Waals surface area contributed by atoms with Gasteiger partial charge in [-0.25, -0.2) is 0 Å². The van der Waals surface area contributed by atoms with Crippen molar-refractivity contribution in [3.05, 3.63) is 12.2 Å². The number of allylic oxidation sites excluding steroid dienone is 2. The van der Waals surface area contributed by atoms with Gasteiger partial charge in [0, 0.05) is 25.8 Å². The summed E-state index contributed by atoms with van der Waals surface area (Å²) in [4.78, 5) is 6.93. The van der Waals surface area contributed by atoms with Gasteiger partial charge in [0.15, 0.2) is 0 Å². The first-order valence-electron chi connectivity index (χ1n) is 11.5. The quantitative estimate of drug-likeness (QED) is 0.237. The summed E-state index contributed by atoms with van der Waals surface area (Å²) in [6.45, 7) is 4.96. The van der Waals surface area contributed by atoms with Crippen LogP contribution in [-0.2, 0) is 0 Å². The highest BCUT2D eigenvalue weighted by Gasteiger charge is 2.18. The molecule has 0 fully saturated rings. The average Bonchev–Trinajstić information content (AvgIpc) is 3.09. The third kappa shape index (κ3) is 12.6. The molecule has 3 heteroatoms. The zero-order valence-electron chi connectivity index (χ0n) is 17.5. The Balaban J connectivity index is 1.80. The number of unbranched alkanes of at least 4 members (excludes halogenated alkanes) is 12. The molecule has 0 amide bonds. The van der Waals surface area contributed by atoms with E-state index in [-0.39, 0.29) is 0 Å². The summed E-state index contributed by atoms with van der Waals surface area (Å²) in [5.74, 6) is 0. The minimum atomic E-state index is 0.370. The van der Waals surface area contributed by atoms with Crippen LogP contribution in [0.4, 0.5) is 0 Å². The first kappa shape index (κ1) is 23.4. The molecule has 0 aromatic rings. The van der Waals surface area contributed by atoms with Crippen LogP contribution in [-0.4, -0.2) is 36.9 Å². The van der Waals surface area contributed by atoms with Crippen LogP contribution in [0.2, 0.25) is 0 Å². The van der Waals surface area contributed by atoms with Gasteiger partial charge in [0.25, 0.3) is 0 Å². The van der Waals surface area contributed by atoms with E-state index >= 15 is 0 Å². The van der Waals surface area contributed by atoms with Gasteiger partial charge in [-0.05, 0) is 25.7 Å². The highest BCUT2D eigenvalue weighted by molar-refractivity contribution is 5.62.